The van der Waals surface area contributed by atoms with E-state index in [2.05, 4.69) is 10.6 Å². The van der Waals surface area contributed by atoms with Crippen molar-refractivity contribution in [3.05, 3.63) is 23.8 Å². The summed E-state index contributed by atoms with van der Waals surface area (Å²) in [5.41, 5.74) is 2.28. The zero-order valence-electron chi connectivity index (χ0n) is 15.8. The largest absolute Gasteiger partial charge is 0.484 e. The number of carbonyl (C=O) groups excluding carboxylic acids is 2. The van der Waals surface area contributed by atoms with Gasteiger partial charge in [-0.1, -0.05) is 0 Å². The monoisotopic (exact) mass is 368 g/mol. The van der Waals surface area contributed by atoms with Gasteiger partial charge in [0.1, 0.15) is 5.75 Å². The Morgan fingerprint density at radius 3 is 2.52 bits per heavy atom. The molecule has 4 fully saturated rings. The lowest BCUT2D eigenvalue weighted by Gasteiger charge is -2.56. The minimum atomic E-state index is -0.0308. The van der Waals surface area contributed by atoms with Crippen LogP contribution in [0.15, 0.2) is 18.2 Å². The highest BCUT2D eigenvalue weighted by molar-refractivity contribution is 5.94. The molecule has 5 nitrogen and oxygen atoms in total. The minimum absolute atomic E-state index is 0.0308. The van der Waals surface area contributed by atoms with Crippen molar-refractivity contribution in [2.75, 3.05) is 18.5 Å². The average Bonchev–Trinajstić information content (AvgIpc) is 2.63. The molecule has 0 saturated heterocycles. The second-order valence-electron chi connectivity index (χ2n) is 9.35. The molecule has 0 atom stereocenters. The highest BCUT2D eigenvalue weighted by Gasteiger charge is 2.50. The second kappa shape index (κ2) is 6.54. The van der Waals surface area contributed by atoms with Gasteiger partial charge in [0.25, 0.3) is 5.91 Å². The molecule has 6 rings (SSSR count). The number of aryl methyl sites for hydroxylation is 1. The van der Waals surface area contributed by atoms with Crippen molar-refractivity contribution >= 4 is 17.5 Å². The SMILES string of the molecule is O=C(COc1ccc2c(c1)CCC(=O)N2)NCC12CC3CC(CC(C3)C1)C2. The molecule has 27 heavy (non-hydrogen) atoms. The molecule has 0 unspecified atom stereocenters. The molecule has 5 heteroatoms. The van der Waals surface area contributed by atoms with E-state index >= 15 is 0 Å². The van der Waals surface area contributed by atoms with Crippen LogP contribution in [-0.2, 0) is 16.0 Å². The van der Waals surface area contributed by atoms with Crippen LogP contribution < -0.4 is 15.4 Å². The van der Waals surface area contributed by atoms with Crippen LogP contribution in [-0.4, -0.2) is 25.0 Å². The Morgan fingerprint density at radius 1 is 1.11 bits per heavy atom. The molecule has 1 aliphatic heterocycles. The van der Waals surface area contributed by atoms with Gasteiger partial charge >= 0.3 is 0 Å². The van der Waals surface area contributed by atoms with Gasteiger partial charge in [0.05, 0.1) is 0 Å². The number of ether oxygens (including phenoxy) is 1. The first-order chi connectivity index (χ1) is 13.1. The van der Waals surface area contributed by atoms with Gasteiger partial charge in [-0.15, -0.1) is 0 Å². The van der Waals surface area contributed by atoms with Crippen LogP contribution in [0.4, 0.5) is 5.69 Å². The lowest BCUT2D eigenvalue weighted by Crippen LogP contribution is -2.51. The van der Waals surface area contributed by atoms with Gasteiger partial charge in [0.15, 0.2) is 6.61 Å². The molecule has 0 aromatic heterocycles. The molecule has 144 valence electrons. The third-order valence-corrected chi connectivity index (χ3v) is 7.17. The molecule has 5 aliphatic rings. The molecule has 1 aromatic rings. The normalized spacial score (nSPS) is 33.3. The van der Waals surface area contributed by atoms with E-state index in [1.165, 1.54) is 38.5 Å². The fourth-order valence-corrected chi connectivity index (χ4v) is 6.44. The van der Waals surface area contributed by atoms with E-state index in [4.69, 9.17) is 4.74 Å². The second-order valence-corrected chi connectivity index (χ2v) is 9.35. The van der Waals surface area contributed by atoms with Crippen LogP contribution in [0.1, 0.15) is 50.5 Å². The number of benzene rings is 1. The third kappa shape index (κ3) is 3.44. The Labute approximate surface area is 160 Å². The smallest absolute Gasteiger partial charge is 0.257 e. The van der Waals surface area contributed by atoms with Gasteiger partial charge in [0.2, 0.25) is 5.91 Å². The Kier molecular flexibility index (Phi) is 4.14. The fourth-order valence-electron chi connectivity index (χ4n) is 6.44. The summed E-state index contributed by atoms with van der Waals surface area (Å²) in [6, 6.07) is 5.60. The maximum absolute atomic E-state index is 12.3. The van der Waals surface area contributed by atoms with E-state index in [1.54, 1.807) is 0 Å². The van der Waals surface area contributed by atoms with Crippen LogP contribution in [0, 0.1) is 23.2 Å². The number of nitrogens with one attached hydrogen (secondary N) is 2. The number of hydrogen-bond donors (Lipinski definition) is 2. The van der Waals surface area contributed by atoms with Crippen LogP contribution in [0.5, 0.6) is 5.75 Å². The van der Waals surface area contributed by atoms with Gasteiger partial charge in [-0.3, -0.25) is 9.59 Å². The van der Waals surface area contributed by atoms with Crippen molar-refractivity contribution in [3.63, 3.8) is 0 Å². The molecule has 4 aliphatic carbocycles. The van der Waals surface area contributed by atoms with Crippen LogP contribution in [0.3, 0.4) is 0 Å². The summed E-state index contributed by atoms with van der Waals surface area (Å²) in [5.74, 6) is 3.42. The first kappa shape index (κ1) is 17.1. The number of anilines is 1. The van der Waals surface area contributed by atoms with Crippen molar-refractivity contribution < 1.29 is 14.3 Å². The zero-order chi connectivity index (χ0) is 18.4. The molecule has 2 amide bonds. The van der Waals surface area contributed by atoms with Crippen molar-refractivity contribution in [2.24, 2.45) is 23.2 Å². The van der Waals surface area contributed by atoms with E-state index in [-0.39, 0.29) is 18.4 Å². The minimum Gasteiger partial charge on any atom is -0.484 e. The molecular weight excluding hydrogens is 340 g/mol. The highest BCUT2D eigenvalue weighted by Crippen LogP contribution is 2.59. The summed E-state index contributed by atoms with van der Waals surface area (Å²) < 4.78 is 5.71. The van der Waals surface area contributed by atoms with Gasteiger partial charge in [-0.05, 0) is 91.9 Å². The summed E-state index contributed by atoms with van der Waals surface area (Å²) in [6.45, 7) is 0.867. The number of carbonyl (C=O) groups is 2. The van der Waals surface area contributed by atoms with Crippen molar-refractivity contribution in [2.45, 2.75) is 51.4 Å². The number of amides is 2. The molecule has 2 N–H and O–H groups in total. The molecule has 1 heterocycles. The van der Waals surface area contributed by atoms with Crippen LogP contribution >= 0.6 is 0 Å². The molecule has 4 bridgehead atoms. The van der Waals surface area contributed by atoms with Gasteiger partial charge in [-0.2, -0.15) is 0 Å². The predicted molar refractivity (Wildman–Crippen MR) is 103 cm³/mol. The molecular formula is C22H28N2O3. The zero-order valence-corrected chi connectivity index (χ0v) is 15.8. The van der Waals surface area contributed by atoms with Crippen molar-refractivity contribution in [1.29, 1.82) is 0 Å². The van der Waals surface area contributed by atoms with Gasteiger partial charge in [-0.25, -0.2) is 0 Å². The van der Waals surface area contributed by atoms with E-state index in [0.29, 0.717) is 17.6 Å². The highest BCUT2D eigenvalue weighted by atomic mass is 16.5. The van der Waals surface area contributed by atoms with E-state index in [0.717, 1.165) is 42.0 Å². The van der Waals surface area contributed by atoms with Crippen LogP contribution in [0.25, 0.3) is 0 Å². The van der Waals surface area contributed by atoms with Crippen molar-refractivity contribution in [1.82, 2.24) is 5.32 Å². The maximum atomic E-state index is 12.3. The Hall–Kier alpha value is -2.04. The fraction of sp³-hybridized carbons (Fsp3) is 0.636. The molecule has 4 saturated carbocycles. The Bertz CT molecular complexity index is 738. The maximum Gasteiger partial charge on any atom is 0.257 e. The van der Waals surface area contributed by atoms with Crippen molar-refractivity contribution in [3.8, 4) is 5.75 Å². The topological polar surface area (TPSA) is 67.4 Å². The number of hydrogen-bond acceptors (Lipinski definition) is 3. The summed E-state index contributed by atoms with van der Waals surface area (Å²) in [7, 11) is 0. The number of fused-ring (bicyclic) bond motifs is 1. The van der Waals surface area contributed by atoms with E-state index in [9.17, 15) is 9.59 Å². The first-order valence-electron chi connectivity index (χ1n) is 10.4. The van der Waals surface area contributed by atoms with E-state index < -0.39 is 0 Å². The molecule has 1 aromatic carbocycles. The quantitative estimate of drug-likeness (QED) is 0.838. The van der Waals surface area contributed by atoms with E-state index in [1.807, 2.05) is 18.2 Å². The van der Waals surface area contributed by atoms with Crippen LogP contribution in [0.2, 0.25) is 0 Å². The van der Waals surface area contributed by atoms with Gasteiger partial charge < -0.3 is 15.4 Å². The lowest BCUT2D eigenvalue weighted by molar-refractivity contribution is -0.125. The molecule has 0 radical (unpaired) electrons. The number of rotatable bonds is 5. The summed E-state index contributed by atoms with van der Waals surface area (Å²) in [4.78, 5) is 23.8. The van der Waals surface area contributed by atoms with Gasteiger partial charge in [0, 0.05) is 18.7 Å². The third-order valence-electron chi connectivity index (χ3n) is 7.17. The summed E-state index contributed by atoms with van der Waals surface area (Å²) in [5, 5.41) is 6.02. The Morgan fingerprint density at radius 2 is 1.81 bits per heavy atom. The Balaban J connectivity index is 1.14. The molecule has 0 spiro atoms. The standard InChI is InChI=1S/C22H28N2O3/c25-20-4-1-17-8-18(2-3-19(17)24-20)27-12-21(26)23-13-22-9-14-5-15(10-22)7-16(6-14)11-22/h2-3,8,14-16H,1,4-7,9-13H2,(H,23,26)(H,24,25). The summed E-state index contributed by atoms with van der Waals surface area (Å²) >= 11 is 0. The average molecular weight is 368 g/mol. The predicted octanol–water partition coefficient (Wildman–Crippen LogP) is 3.28. The lowest BCUT2D eigenvalue weighted by atomic mass is 9.49. The first-order valence-corrected chi connectivity index (χ1v) is 10.4. The summed E-state index contributed by atoms with van der Waals surface area (Å²) in [6.07, 6.45) is 9.40.